The molecule has 0 saturated heterocycles. The van der Waals surface area contributed by atoms with Crippen molar-refractivity contribution in [3.63, 3.8) is 0 Å². The zero-order chi connectivity index (χ0) is 13.1. The summed E-state index contributed by atoms with van der Waals surface area (Å²) in [4.78, 5) is 15.8. The Hall–Kier alpha value is -1.10. The molecule has 3 nitrogen and oxygen atoms in total. The van der Waals surface area contributed by atoms with Crippen LogP contribution in [0.5, 0.6) is 0 Å². The molecular weight excluding hydrogens is 291 g/mol. The van der Waals surface area contributed by atoms with Gasteiger partial charge in [-0.25, -0.2) is 4.98 Å². The summed E-state index contributed by atoms with van der Waals surface area (Å²) in [5.41, 5.74) is 1.47. The summed E-state index contributed by atoms with van der Waals surface area (Å²) < 4.78 is 0. The third-order valence-electron chi connectivity index (χ3n) is 2.42. The molecule has 0 bridgehead atoms. The van der Waals surface area contributed by atoms with Crippen molar-refractivity contribution >= 4 is 40.4 Å². The Bertz CT molecular complexity index is 537. The lowest BCUT2D eigenvalue weighted by Crippen LogP contribution is -2.26. The van der Waals surface area contributed by atoms with Gasteiger partial charge in [0.1, 0.15) is 10.3 Å². The van der Waals surface area contributed by atoms with Crippen LogP contribution in [0.3, 0.4) is 0 Å². The Morgan fingerprint density at radius 2 is 2.06 bits per heavy atom. The van der Waals surface area contributed by atoms with Crippen molar-refractivity contribution in [1.82, 2.24) is 10.3 Å². The summed E-state index contributed by atoms with van der Waals surface area (Å²) in [6, 6.07) is 4.89. The third kappa shape index (κ3) is 3.22. The molecule has 1 atom stereocenters. The van der Waals surface area contributed by atoms with E-state index in [9.17, 15) is 4.79 Å². The number of thiophene rings is 1. The van der Waals surface area contributed by atoms with E-state index in [1.807, 2.05) is 23.8 Å². The molecule has 0 aromatic carbocycles. The Labute approximate surface area is 119 Å². The minimum absolute atomic E-state index is 0.0607. The van der Waals surface area contributed by atoms with Gasteiger partial charge in [0.05, 0.1) is 6.04 Å². The number of amides is 1. The molecule has 0 aliphatic carbocycles. The van der Waals surface area contributed by atoms with Gasteiger partial charge >= 0.3 is 0 Å². The summed E-state index contributed by atoms with van der Waals surface area (Å²) in [5, 5.41) is 7.25. The number of halogens is 2. The number of hydrogen-bond donors (Lipinski definition) is 1. The lowest BCUT2D eigenvalue weighted by Gasteiger charge is -2.12. The maximum absolute atomic E-state index is 12.0. The molecule has 2 heterocycles. The number of carbonyl (C=O) groups is 1. The molecule has 0 fully saturated rings. The van der Waals surface area contributed by atoms with Crippen molar-refractivity contribution in [2.24, 2.45) is 0 Å². The Kier molecular flexibility index (Phi) is 4.22. The summed E-state index contributed by atoms with van der Waals surface area (Å²) in [6.07, 6.45) is 0. The highest BCUT2D eigenvalue weighted by molar-refractivity contribution is 7.07. The van der Waals surface area contributed by atoms with E-state index in [2.05, 4.69) is 10.3 Å². The molecule has 94 valence electrons. The van der Waals surface area contributed by atoms with Crippen LogP contribution < -0.4 is 5.32 Å². The molecule has 18 heavy (non-hydrogen) atoms. The van der Waals surface area contributed by atoms with Crippen LogP contribution >= 0.6 is 34.5 Å². The lowest BCUT2D eigenvalue weighted by molar-refractivity contribution is 0.0940. The number of rotatable bonds is 3. The molecule has 0 radical (unpaired) electrons. The predicted molar refractivity (Wildman–Crippen MR) is 74.5 cm³/mol. The average molecular weight is 301 g/mol. The van der Waals surface area contributed by atoms with E-state index in [0.717, 1.165) is 5.56 Å². The number of carbonyl (C=O) groups excluding carboxylic acids is 1. The monoisotopic (exact) mass is 300 g/mol. The second-order valence-electron chi connectivity index (χ2n) is 3.75. The normalized spacial score (nSPS) is 12.2. The first-order chi connectivity index (χ1) is 8.56. The van der Waals surface area contributed by atoms with Gasteiger partial charge in [0.25, 0.3) is 5.91 Å². The van der Waals surface area contributed by atoms with Crippen molar-refractivity contribution < 1.29 is 4.79 Å². The summed E-state index contributed by atoms with van der Waals surface area (Å²) in [6.45, 7) is 1.92. The van der Waals surface area contributed by atoms with Crippen LogP contribution in [0.15, 0.2) is 29.0 Å². The molecule has 0 spiro atoms. The van der Waals surface area contributed by atoms with Gasteiger partial charge in [0.2, 0.25) is 0 Å². The molecule has 2 rings (SSSR count). The second-order valence-corrected chi connectivity index (χ2v) is 5.31. The van der Waals surface area contributed by atoms with Crippen LogP contribution in [0.4, 0.5) is 0 Å². The maximum Gasteiger partial charge on any atom is 0.251 e. The SMILES string of the molecule is CC(NC(=O)c1cc(Cl)nc(Cl)c1)c1ccsc1. The first-order valence-corrected chi connectivity index (χ1v) is 6.92. The van der Waals surface area contributed by atoms with Gasteiger partial charge in [-0.2, -0.15) is 11.3 Å². The molecule has 0 saturated carbocycles. The molecule has 2 aromatic rings. The van der Waals surface area contributed by atoms with E-state index in [-0.39, 0.29) is 22.3 Å². The van der Waals surface area contributed by atoms with Crippen LogP contribution in [0, 0.1) is 0 Å². The highest BCUT2D eigenvalue weighted by Crippen LogP contribution is 2.18. The van der Waals surface area contributed by atoms with E-state index in [0.29, 0.717) is 5.56 Å². The predicted octanol–water partition coefficient (Wildman–Crippen LogP) is 3.94. The van der Waals surface area contributed by atoms with Gasteiger partial charge < -0.3 is 5.32 Å². The standard InChI is InChI=1S/C12H10Cl2N2OS/c1-7(8-2-3-18-6-8)15-12(17)9-4-10(13)16-11(14)5-9/h2-7H,1H3,(H,15,17). The minimum atomic E-state index is -0.222. The van der Waals surface area contributed by atoms with E-state index in [4.69, 9.17) is 23.2 Å². The quantitative estimate of drug-likeness (QED) is 0.872. The topological polar surface area (TPSA) is 42.0 Å². The van der Waals surface area contributed by atoms with Gasteiger partial charge in [-0.15, -0.1) is 0 Å². The van der Waals surface area contributed by atoms with Crippen molar-refractivity contribution in [3.8, 4) is 0 Å². The third-order valence-corrected chi connectivity index (χ3v) is 3.50. The molecular formula is C12H10Cl2N2OS. The van der Waals surface area contributed by atoms with Gasteiger partial charge in [-0.3, -0.25) is 4.79 Å². The van der Waals surface area contributed by atoms with Gasteiger partial charge in [0, 0.05) is 5.56 Å². The van der Waals surface area contributed by atoms with Crippen molar-refractivity contribution in [1.29, 1.82) is 0 Å². The minimum Gasteiger partial charge on any atom is -0.345 e. The lowest BCUT2D eigenvalue weighted by atomic mass is 10.1. The van der Waals surface area contributed by atoms with E-state index < -0.39 is 0 Å². The van der Waals surface area contributed by atoms with Crippen molar-refractivity contribution in [2.45, 2.75) is 13.0 Å². The number of nitrogens with one attached hydrogen (secondary N) is 1. The highest BCUT2D eigenvalue weighted by atomic mass is 35.5. The summed E-state index contributed by atoms with van der Waals surface area (Å²) >= 11 is 13.1. The largest absolute Gasteiger partial charge is 0.345 e. The molecule has 2 aromatic heterocycles. The Morgan fingerprint density at radius 3 is 2.61 bits per heavy atom. The first kappa shape index (κ1) is 13.3. The van der Waals surface area contributed by atoms with E-state index in [1.54, 1.807) is 11.3 Å². The summed E-state index contributed by atoms with van der Waals surface area (Å²) in [5.74, 6) is -0.222. The van der Waals surface area contributed by atoms with Crippen LogP contribution in [0.2, 0.25) is 10.3 Å². The van der Waals surface area contributed by atoms with Crippen LogP contribution in [0.25, 0.3) is 0 Å². The first-order valence-electron chi connectivity index (χ1n) is 5.22. The van der Waals surface area contributed by atoms with Crippen molar-refractivity contribution in [2.75, 3.05) is 0 Å². The number of pyridine rings is 1. The number of aromatic nitrogens is 1. The van der Waals surface area contributed by atoms with E-state index in [1.165, 1.54) is 12.1 Å². The Morgan fingerprint density at radius 1 is 1.39 bits per heavy atom. The number of nitrogens with zero attached hydrogens (tertiary/aromatic N) is 1. The molecule has 6 heteroatoms. The van der Waals surface area contributed by atoms with Gasteiger partial charge in [-0.1, -0.05) is 23.2 Å². The highest BCUT2D eigenvalue weighted by Gasteiger charge is 2.13. The fraction of sp³-hybridized carbons (Fsp3) is 0.167. The summed E-state index contributed by atoms with van der Waals surface area (Å²) in [7, 11) is 0. The van der Waals surface area contributed by atoms with Crippen LogP contribution in [0.1, 0.15) is 28.9 Å². The van der Waals surface area contributed by atoms with Crippen LogP contribution in [-0.4, -0.2) is 10.9 Å². The zero-order valence-electron chi connectivity index (χ0n) is 9.48. The van der Waals surface area contributed by atoms with Crippen molar-refractivity contribution in [3.05, 3.63) is 50.4 Å². The second kappa shape index (κ2) is 5.69. The molecule has 0 aliphatic heterocycles. The fourth-order valence-electron chi connectivity index (χ4n) is 1.48. The fourth-order valence-corrected chi connectivity index (χ4v) is 2.70. The van der Waals surface area contributed by atoms with Gasteiger partial charge in [-0.05, 0) is 41.4 Å². The van der Waals surface area contributed by atoms with Crippen LogP contribution in [-0.2, 0) is 0 Å². The van der Waals surface area contributed by atoms with E-state index >= 15 is 0 Å². The maximum atomic E-state index is 12.0. The molecule has 1 amide bonds. The number of hydrogen-bond acceptors (Lipinski definition) is 3. The average Bonchev–Trinajstić information content (AvgIpc) is 2.80. The molecule has 1 unspecified atom stereocenters. The molecule has 1 N–H and O–H groups in total. The molecule has 0 aliphatic rings. The smallest absolute Gasteiger partial charge is 0.251 e. The van der Waals surface area contributed by atoms with Gasteiger partial charge in [0.15, 0.2) is 0 Å². The zero-order valence-corrected chi connectivity index (χ0v) is 11.8. The Balaban J connectivity index is 2.12.